The van der Waals surface area contributed by atoms with Gasteiger partial charge in [0.05, 0.1) is 11.3 Å². The molecule has 0 spiro atoms. The summed E-state index contributed by atoms with van der Waals surface area (Å²) >= 11 is 1.48. The van der Waals surface area contributed by atoms with Gasteiger partial charge in [0.25, 0.3) is 5.91 Å². The number of thioether (sulfide) groups is 1. The van der Waals surface area contributed by atoms with Crippen molar-refractivity contribution in [1.29, 1.82) is 0 Å². The third-order valence-corrected chi connectivity index (χ3v) is 6.12. The van der Waals surface area contributed by atoms with Crippen LogP contribution >= 0.6 is 11.8 Å². The van der Waals surface area contributed by atoms with E-state index in [0.717, 1.165) is 42.0 Å². The Kier molecular flexibility index (Phi) is 7.75. The van der Waals surface area contributed by atoms with E-state index in [0.29, 0.717) is 11.3 Å². The number of aryl methyl sites for hydroxylation is 1. The predicted octanol–water partition coefficient (Wildman–Crippen LogP) is 4.66. The molecule has 6 nitrogen and oxygen atoms in total. The lowest BCUT2D eigenvalue weighted by atomic mass is 10.1. The summed E-state index contributed by atoms with van der Waals surface area (Å²) in [7, 11) is 0. The second kappa shape index (κ2) is 10.5. The van der Waals surface area contributed by atoms with Crippen LogP contribution in [-0.2, 0) is 15.3 Å². The molecule has 29 heavy (non-hydrogen) atoms. The molecule has 1 N–H and O–H groups in total. The number of rotatable bonds is 7. The molecule has 3 rings (SSSR count). The highest BCUT2D eigenvalue weighted by Crippen LogP contribution is 2.27. The molecule has 1 saturated carbocycles. The maximum Gasteiger partial charge on any atom is 0.340 e. The van der Waals surface area contributed by atoms with Gasteiger partial charge in [0, 0.05) is 22.8 Å². The van der Waals surface area contributed by atoms with E-state index in [-0.39, 0.29) is 11.9 Å². The van der Waals surface area contributed by atoms with E-state index >= 15 is 0 Å². The number of carbonyl (C=O) groups excluding carboxylic acids is 2. The minimum atomic E-state index is -0.831. The average Bonchev–Trinajstić information content (AvgIpc) is 2.96. The molecule has 0 bridgehead atoms. The lowest BCUT2D eigenvalue weighted by molar-refractivity contribution is -0.129. The fourth-order valence-electron chi connectivity index (χ4n) is 3.42. The second-order valence-corrected chi connectivity index (χ2v) is 8.48. The first-order valence-corrected chi connectivity index (χ1v) is 11.2. The van der Waals surface area contributed by atoms with E-state index in [1.54, 1.807) is 19.1 Å². The number of ether oxygens (including phenoxy) is 1. The summed E-state index contributed by atoms with van der Waals surface area (Å²) in [5.41, 5.74) is 1.26. The molecule has 1 amide bonds. The molecule has 1 atom stereocenters. The lowest BCUT2D eigenvalue weighted by Gasteiger charge is -2.20. The second-order valence-electron chi connectivity index (χ2n) is 7.46. The zero-order valence-electron chi connectivity index (χ0n) is 17.0. The first kappa shape index (κ1) is 21.4. The van der Waals surface area contributed by atoms with E-state index < -0.39 is 12.1 Å². The van der Waals surface area contributed by atoms with E-state index in [9.17, 15) is 9.59 Å². The number of amides is 1. The Labute approximate surface area is 175 Å². The van der Waals surface area contributed by atoms with Crippen molar-refractivity contribution in [3.05, 3.63) is 47.3 Å². The molecule has 1 heterocycles. The summed E-state index contributed by atoms with van der Waals surface area (Å²) in [6, 6.07) is 9.29. The van der Waals surface area contributed by atoms with Gasteiger partial charge in [-0.2, -0.15) is 0 Å². The largest absolute Gasteiger partial charge is 0.449 e. The van der Waals surface area contributed by atoms with Gasteiger partial charge in [-0.05, 0) is 38.8 Å². The number of carbonyl (C=O) groups is 2. The Balaban J connectivity index is 1.57. The summed E-state index contributed by atoms with van der Waals surface area (Å²) < 4.78 is 10.5. The normalized spacial score (nSPS) is 16.1. The highest BCUT2D eigenvalue weighted by molar-refractivity contribution is 7.98. The van der Waals surface area contributed by atoms with Crippen LogP contribution in [0.4, 0.5) is 0 Å². The highest BCUT2D eigenvalue weighted by atomic mass is 32.2. The van der Waals surface area contributed by atoms with Gasteiger partial charge in [0.1, 0.15) is 5.76 Å². The molecular weight excluding hydrogens is 388 g/mol. The number of hydrogen-bond donors (Lipinski definition) is 1. The third kappa shape index (κ3) is 6.35. The third-order valence-electron chi connectivity index (χ3n) is 5.01. The zero-order valence-corrected chi connectivity index (χ0v) is 17.8. The van der Waals surface area contributed by atoms with Gasteiger partial charge < -0.3 is 14.6 Å². The lowest BCUT2D eigenvalue weighted by Crippen LogP contribution is -2.41. The maximum atomic E-state index is 12.7. The Morgan fingerprint density at radius 1 is 1.24 bits per heavy atom. The van der Waals surface area contributed by atoms with Crippen molar-refractivity contribution in [3.63, 3.8) is 0 Å². The van der Waals surface area contributed by atoms with Gasteiger partial charge in [0.2, 0.25) is 0 Å². The van der Waals surface area contributed by atoms with Gasteiger partial charge in [-0.25, -0.2) is 4.79 Å². The molecule has 2 aromatic rings. The summed E-state index contributed by atoms with van der Waals surface area (Å²) in [4.78, 5) is 26.0. The summed E-state index contributed by atoms with van der Waals surface area (Å²) in [6.07, 6.45) is 5.87. The molecule has 1 aliphatic carbocycles. The fraction of sp³-hybridized carbons (Fsp3) is 0.500. The molecule has 0 unspecified atom stereocenters. The van der Waals surface area contributed by atoms with Crippen LogP contribution in [-0.4, -0.2) is 29.2 Å². The molecule has 1 aromatic carbocycles. The fourth-order valence-corrected chi connectivity index (χ4v) is 4.34. The van der Waals surface area contributed by atoms with Crippen LogP contribution in [0.15, 0.2) is 39.8 Å². The first-order chi connectivity index (χ1) is 14.0. The van der Waals surface area contributed by atoms with Crippen molar-refractivity contribution in [2.24, 2.45) is 0 Å². The van der Waals surface area contributed by atoms with Crippen molar-refractivity contribution in [2.75, 3.05) is 0 Å². The van der Waals surface area contributed by atoms with Gasteiger partial charge in [-0.1, -0.05) is 43.0 Å². The Hall–Kier alpha value is -2.28. The molecule has 7 heteroatoms. The number of benzene rings is 1. The molecule has 1 fully saturated rings. The predicted molar refractivity (Wildman–Crippen MR) is 112 cm³/mol. The number of aromatic nitrogens is 1. The van der Waals surface area contributed by atoms with Crippen LogP contribution in [0, 0.1) is 6.92 Å². The first-order valence-electron chi connectivity index (χ1n) is 10.2. The SMILES string of the molecule is Cc1cc(CSc2ccccc2C(=O)O[C@H](C)C(=O)NC2CCCCCC2)no1. The van der Waals surface area contributed by atoms with Crippen LogP contribution in [0.1, 0.15) is 67.3 Å². The van der Waals surface area contributed by atoms with E-state index in [2.05, 4.69) is 10.5 Å². The minimum Gasteiger partial charge on any atom is -0.449 e. The van der Waals surface area contributed by atoms with Crippen molar-refractivity contribution in [2.45, 2.75) is 75.2 Å². The molecule has 0 radical (unpaired) electrons. The number of esters is 1. The monoisotopic (exact) mass is 416 g/mol. The number of nitrogens with zero attached hydrogens (tertiary/aromatic N) is 1. The van der Waals surface area contributed by atoms with E-state index in [1.807, 2.05) is 25.1 Å². The van der Waals surface area contributed by atoms with Gasteiger partial charge in [-0.15, -0.1) is 11.8 Å². The van der Waals surface area contributed by atoms with E-state index in [4.69, 9.17) is 9.26 Å². The summed E-state index contributed by atoms with van der Waals surface area (Å²) in [5, 5.41) is 7.01. The van der Waals surface area contributed by atoms with Crippen LogP contribution in [0.2, 0.25) is 0 Å². The maximum absolute atomic E-state index is 12.7. The minimum absolute atomic E-state index is 0.180. The summed E-state index contributed by atoms with van der Waals surface area (Å²) in [6.45, 7) is 3.46. The van der Waals surface area contributed by atoms with Crippen LogP contribution in [0.3, 0.4) is 0 Å². The van der Waals surface area contributed by atoms with Crippen LogP contribution in [0.5, 0.6) is 0 Å². The number of nitrogens with one attached hydrogen (secondary N) is 1. The Morgan fingerprint density at radius 2 is 1.97 bits per heavy atom. The van der Waals surface area contributed by atoms with Crippen molar-refractivity contribution < 1.29 is 18.8 Å². The van der Waals surface area contributed by atoms with Gasteiger partial charge >= 0.3 is 5.97 Å². The molecule has 0 aliphatic heterocycles. The number of hydrogen-bond acceptors (Lipinski definition) is 6. The van der Waals surface area contributed by atoms with Gasteiger partial charge in [0.15, 0.2) is 6.10 Å². The van der Waals surface area contributed by atoms with Crippen LogP contribution < -0.4 is 5.32 Å². The van der Waals surface area contributed by atoms with Crippen molar-refractivity contribution in [1.82, 2.24) is 10.5 Å². The van der Waals surface area contributed by atoms with Gasteiger partial charge in [-0.3, -0.25) is 4.79 Å². The summed E-state index contributed by atoms with van der Waals surface area (Å²) in [5.74, 6) is 0.613. The molecule has 1 aromatic heterocycles. The van der Waals surface area contributed by atoms with Crippen molar-refractivity contribution >= 4 is 23.6 Å². The Bertz CT molecular complexity index is 828. The molecular formula is C22H28N2O4S. The topological polar surface area (TPSA) is 81.4 Å². The Morgan fingerprint density at radius 3 is 2.66 bits per heavy atom. The molecule has 0 saturated heterocycles. The quantitative estimate of drug-likeness (QED) is 0.402. The highest BCUT2D eigenvalue weighted by Gasteiger charge is 2.23. The average molecular weight is 417 g/mol. The van der Waals surface area contributed by atoms with Crippen molar-refractivity contribution in [3.8, 4) is 0 Å². The molecule has 1 aliphatic rings. The van der Waals surface area contributed by atoms with E-state index in [1.165, 1.54) is 24.6 Å². The smallest absolute Gasteiger partial charge is 0.340 e. The van der Waals surface area contributed by atoms with Crippen LogP contribution in [0.25, 0.3) is 0 Å². The zero-order chi connectivity index (χ0) is 20.6. The standard InChI is InChI=1S/C22H28N2O4S/c1-15-13-18(24-28-15)14-29-20-12-8-7-11-19(20)22(26)27-16(2)21(25)23-17-9-5-3-4-6-10-17/h7-8,11-13,16-17H,3-6,9-10,14H2,1-2H3,(H,23,25)/t16-/m1/s1. The molecule has 156 valence electrons.